The lowest BCUT2D eigenvalue weighted by atomic mass is 10.1. The number of Topliss-reactive ketones (excluding diaryl/α,β-unsaturated/α-hetero) is 1. The van der Waals surface area contributed by atoms with E-state index in [0.717, 1.165) is 6.54 Å². The van der Waals surface area contributed by atoms with E-state index in [0.29, 0.717) is 56.5 Å². The molecule has 0 bridgehead atoms. The van der Waals surface area contributed by atoms with E-state index in [4.69, 9.17) is 9.57 Å². The molecule has 0 unspecified atom stereocenters. The van der Waals surface area contributed by atoms with Gasteiger partial charge in [-0.3, -0.25) is 9.74 Å². The number of cyclic esters (lactones) is 1. The van der Waals surface area contributed by atoms with Crippen LogP contribution in [0, 0.1) is 5.82 Å². The Labute approximate surface area is 163 Å². The zero-order valence-corrected chi connectivity index (χ0v) is 16.1. The summed E-state index contributed by atoms with van der Waals surface area (Å²) in [5.74, 6) is -0.302. The molecule has 4 rings (SSSR count). The highest BCUT2D eigenvalue weighted by Crippen LogP contribution is 2.31. The molecule has 28 heavy (non-hydrogen) atoms. The Balaban J connectivity index is 1.41. The minimum Gasteiger partial charge on any atom is -0.444 e. The van der Waals surface area contributed by atoms with E-state index in [1.165, 1.54) is 30.7 Å². The Morgan fingerprint density at radius 3 is 2.79 bits per heavy atom. The number of carbonyl (C=O) groups is 2. The van der Waals surface area contributed by atoms with E-state index < -0.39 is 6.09 Å². The predicted molar refractivity (Wildman–Crippen MR) is 102 cm³/mol. The summed E-state index contributed by atoms with van der Waals surface area (Å²) in [4.78, 5) is 32.5. The summed E-state index contributed by atoms with van der Waals surface area (Å²) in [6.45, 7) is 4.46. The van der Waals surface area contributed by atoms with Gasteiger partial charge in [0.15, 0.2) is 0 Å². The molecule has 1 saturated carbocycles. The van der Waals surface area contributed by atoms with E-state index in [1.54, 1.807) is 12.1 Å². The molecule has 8 heteroatoms. The first-order chi connectivity index (χ1) is 13.5. The Morgan fingerprint density at radius 1 is 1.25 bits per heavy atom. The van der Waals surface area contributed by atoms with Gasteiger partial charge in [-0.05, 0) is 44.4 Å². The van der Waals surface area contributed by atoms with Gasteiger partial charge in [-0.2, -0.15) is 5.06 Å². The molecule has 0 radical (unpaired) electrons. The topological polar surface area (TPSA) is 62.3 Å². The van der Waals surface area contributed by atoms with Crippen molar-refractivity contribution in [1.29, 1.82) is 0 Å². The quantitative estimate of drug-likeness (QED) is 0.743. The number of ether oxygens (including phenoxy) is 1. The molecule has 2 heterocycles. The summed E-state index contributed by atoms with van der Waals surface area (Å²) >= 11 is 0. The first-order valence-electron chi connectivity index (χ1n) is 9.93. The zero-order chi connectivity index (χ0) is 19.7. The van der Waals surface area contributed by atoms with Gasteiger partial charge in [0.2, 0.25) is 0 Å². The number of rotatable bonds is 6. The summed E-state index contributed by atoms with van der Waals surface area (Å²) < 4.78 is 20.1. The van der Waals surface area contributed by atoms with Crippen molar-refractivity contribution in [2.24, 2.45) is 0 Å². The van der Waals surface area contributed by atoms with Crippen LogP contribution in [-0.4, -0.2) is 61.9 Å². The fourth-order valence-electron chi connectivity index (χ4n) is 3.72. The average Bonchev–Trinajstić information content (AvgIpc) is 3.45. The molecule has 1 aromatic carbocycles. The number of amides is 1. The maximum absolute atomic E-state index is 14.8. The molecule has 152 valence electrons. The third kappa shape index (κ3) is 4.28. The summed E-state index contributed by atoms with van der Waals surface area (Å²) in [6, 6.07) is 5.36. The Morgan fingerprint density at radius 2 is 2.07 bits per heavy atom. The minimum atomic E-state index is -0.496. The highest BCUT2D eigenvalue weighted by atomic mass is 19.1. The molecule has 3 fully saturated rings. The van der Waals surface area contributed by atoms with E-state index in [1.807, 2.05) is 9.96 Å². The zero-order valence-electron chi connectivity index (χ0n) is 16.1. The first-order valence-corrected chi connectivity index (χ1v) is 9.93. The second-order valence-electron chi connectivity index (χ2n) is 7.68. The van der Waals surface area contributed by atoms with E-state index >= 15 is 0 Å². The third-order valence-corrected chi connectivity index (χ3v) is 5.44. The predicted octanol–water partition coefficient (Wildman–Crippen LogP) is 2.74. The largest absolute Gasteiger partial charge is 0.444 e. The van der Waals surface area contributed by atoms with Gasteiger partial charge in [-0.1, -0.05) is 0 Å². The maximum atomic E-state index is 14.8. The van der Waals surface area contributed by atoms with Crippen LogP contribution >= 0.6 is 0 Å². The number of ketones is 1. The number of carbonyl (C=O) groups excluding carboxylic acids is 2. The van der Waals surface area contributed by atoms with Gasteiger partial charge in [0.1, 0.15) is 17.7 Å². The van der Waals surface area contributed by atoms with Crippen LogP contribution in [0.1, 0.15) is 32.6 Å². The number of anilines is 2. The SMILES string of the molecule is CC(=O)CC[C@H]1CN(c2ccc(N3CCON(C4CC4)CC3)c(F)c2)C(=O)O1. The Bertz CT molecular complexity index is 755. The summed E-state index contributed by atoms with van der Waals surface area (Å²) in [5, 5.41) is 2.02. The lowest BCUT2D eigenvalue weighted by molar-refractivity contribution is -0.154. The van der Waals surface area contributed by atoms with Crippen LogP contribution < -0.4 is 9.80 Å². The molecular formula is C20H26FN3O4. The number of hydrogen-bond donors (Lipinski definition) is 0. The molecule has 0 N–H and O–H groups in total. The van der Waals surface area contributed by atoms with Crippen LogP contribution in [0.5, 0.6) is 0 Å². The van der Waals surface area contributed by atoms with Crippen LogP contribution in [0.4, 0.5) is 20.6 Å². The van der Waals surface area contributed by atoms with E-state index in [-0.39, 0.29) is 17.7 Å². The summed E-state index contributed by atoms with van der Waals surface area (Å²) in [6.07, 6.45) is 2.36. The molecule has 0 aromatic heterocycles. The van der Waals surface area contributed by atoms with Crippen molar-refractivity contribution < 1.29 is 23.6 Å². The fourth-order valence-corrected chi connectivity index (χ4v) is 3.72. The normalized spacial score (nSPS) is 23.6. The second kappa shape index (κ2) is 8.05. The number of benzene rings is 1. The standard InChI is InChI=1S/C20H26FN3O4/c1-14(25)2-6-17-13-23(20(26)28-17)16-5-7-19(18(21)12-16)22-8-9-24(15-3-4-15)27-11-10-22/h5,7,12,15,17H,2-4,6,8-11,13H2,1H3/t17-/m0/s1. The van der Waals surface area contributed by atoms with Crippen molar-refractivity contribution in [2.75, 3.05) is 42.6 Å². The Hall–Kier alpha value is -2.19. The lowest BCUT2D eigenvalue weighted by Gasteiger charge is -2.24. The van der Waals surface area contributed by atoms with Crippen LogP contribution in [0.2, 0.25) is 0 Å². The number of hydrogen-bond acceptors (Lipinski definition) is 6. The molecule has 1 atom stereocenters. The minimum absolute atomic E-state index is 0.0616. The van der Waals surface area contributed by atoms with Crippen LogP contribution in [0.15, 0.2) is 18.2 Å². The van der Waals surface area contributed by atoms with Crippen LogP contribution in [0.3, 0.4) is 0 Å². The summed E-state index contributed by atoms with van der Waals surface area (Å²) in [7, 11) is 0. The van der Waals surface area contributed by atoms with Crippen molar-refractivity contribution >= 4 is 23.3 Å². The lowest BCUT2D eigenvalue weighted by Crippen LogP contribution is -2.32. The Kier molecular flexibility index (Phi) is 5.50. The number of halogens is 1. The smallest absolute Gasteiger partial charge is 0.414 e. The van der Waals surface area contributed by atoms with Gasteiger partial charge < -0.3 is 14.4 Å². The van der Waals surface area contributed by atoms with Crippen LogP contribution in [0.25, 0.3) is 0 Å². The average molecular weight is 391 g/mol. The number of nitrogens with zero attached hydrogens (tertiary/aromatic N) is 3. The molecular weight excluding hydrogens is 365 g/mol. The monoisotopic (exact) mass is 391 g/mol. The van der Waals surface area contributed by atoms with Gasteiger partial charge in [0.05, 0.1) is 24.5 Å². The van der Waals surface area contributed by atoms with Crippen molar-refractivity contribution in [3.05, 3.63) is 24.0 Å². The van der Waals surface area contributed by atoms with E-state index in [2.05, 4.69) is 0 Å². The highest BCUT2D eigenvalue weighted by Gasteiger charge is 2.34. The first kappa shape index (κ1) is 19.1. The van der Waals surface area contributed by atoms with Crippen molar-refractivity contribution in [3.63, 3.8) is 0 Å². The highest BCUT2D eigenvalue weighted by molar-refractivity contribution is 5.90. The second-order valence-corrected chi connectivity index (χ2v) is 7.68. The van der Waals surface area contributed by atoms with Gasteiger partial charge in [-0.25, -0.2) is 9.18 Å². The molecule has 0 spiro atoms. The van der Waals surface area contributed by atoms with Crippen molar-refractivity contribution in [1.82, 2.24) is 5.06 Å². The molecule has 1 aromatic rings. The molecule has 7 nitrogen and oxygen atoms in total. The maximum Gasteiger partial charge on any atom is 0.414 e. The fraction of sp³-hybridized carbons (Fsp3) is 0.600. The molecule has 1 amide bonds. The van der Waals surface area contributed by atoms with Gasteiger partial charge in [0.25, 0.3) is 0 Å². The third-order valence-electron chi connectivity index (χ3n) is 5.44. The number of hydroxylamine groups is 2. The van der Waals surface area contributed by atoms with Crippen LogP contribution in [-0.2, 0) is 14.4 Å². The molecule has 1 aliphatic carbocycles. The molecule has 2 aliphatic heterocycles. The van der Waals surface area contributed by atoms with E-state index in [9.17, 15) is 14.0 Å². The molecule has 2 saturated heterocycles. The molecule has 3 aliphatic rings. The van der Waals surface area contributed by atoms with Crippen molar-refractivity contribution in [3.8, 4) is 0 Å². The summed E-state index contributed by atoms with van der Waals surface area (Å²) in [5.41, 5.74) is 0.993. The van der Waals surface area contributed by atoms with Crippen molar-refractivity contribution in [2.45, 2.75) is 44.8 Å². The van der Waals surface area contributed by atoms with Gasteiger partial charge in [0, 0.05) is 32.1 Å². The van der Waals surface area contributed by atoms with Gasteiger partial charge in [-0.15, -0.1) is 0 Å². The van der Waals surface area contributed by atoms with Gasteiger partial charge >= 0.3 is 6.09 Å².